The van der Waals surface area contributed by atoms with Gasteiger partial charge in [-0.25, -0.2) is 8.42 Å². The maximum atomic E-state index is 9.22. The van der Waals surface area contributed by atoms with Gasteiger partial charge in [0.2, 0.25) is 10.4 Å². The third-order valence-corrected chi connectivity index (χ3v) is 5.87. The summed E-state index contributed by atoms with van der Waals surface area (Å²) in [4.78, 5) is 0. The molecule has 196 valence electrons. The second kappa shape index (κ2) is 23.9. The van der Waals surface area contributed by atoms with Gasteiger partial charge in [0.25, 0.3) is 0 Å². The lowest BCUT2D eigenvalue weighted by molar-refractivity contribution is -0.870. The largest absolute Gasteiger partial charge is 0.726 e. The lowest BCUT2D eigenvalue weighted by Crippen LogP contribution is -2.35. The van der Waals surface area contributed by atoms with Gasteiger partial charge in [-0.3, -0.25) is 4.18 Å². The molecule has 0 saturated carbocycles. The zero-order valence-electron chi connectivity index (χ0n) is 22.0. The van der Waals surface area contributed by atoms with Gasteiger partial charge in [-0.1, -0.05) is 103 Å². The number of nitrogens with zero attached hydrogens (tertiary/aromatic N) is 1. The Kier molecular flexibility index (Phi) is 25.4. The molecule has 0 aliphatic rings. The first-order valence-corrected chi connectivity index (χ1v) is 14.4. The van der Waals surface area contributed by atoms with E-state index in [4.69, 9.17) is 4.74 Å². The molecule has 0 fully saturated rings. The minimum Gasteiger partial charge on any atom is -0.726 e. The van der Waals surface area contributed by atoms with Crippen LogP contribution in [0.2, 0.25) is 0 Å². The summed E-state index contributed by atoms with van der Waals surface area (Å²) >= 11 is 0. The molecule has 6 nitrogen and oxygen atoms in total. The summed E-state index contributed by atoms with van der Waals surface area (Å²) in [6, 6.07) is 0. The number of hydrogen-bond donors (Lipinski definition) is 0. The summed E-state index contributed by atoms with van der Waals surface area (Å²) in [5.41, 5.74) is 0. The molecule has 0 amide bonds. The van der Waals surface area contributed by atoms with E-state index >= 15 is 0 Å². The number of hydrogen-bond acceptors (Lipinski definition) is 5. The van der Waals surface area contributed by atoms with Crippen molar-refractivity contribution in [3.05, 3.63) is 0 Å². The zero-order chi connectivity index (χ0) is 24.6. The van der Waals surface area contributed by atoms with Crippen molar-refractivity contribution in [1.82, 2.24) is 0 Å². The van der Waals surface area contributed by atoms with Crippen LogP contribution in [0.4, 0.5) is 0 Å². The number of rotatable bonds is 22. The Balaban J connectivity index is 0. The summed E-state index contributed by atoms with van der Waals surface area (Å²) in [5.74, 6) is 0. The summed E-state index contributed by atoms with van der Waals surface area (Å²) in [6.45, 7) is 5.41. The van der Waals surface area contributed by atoms with Crippen LogP contribution in [0.1, 0.15) is 116 Å². The molecule has 0 aromatic rings. The third-order valence-electron chi connectivity index (χ3n) is 5.46. The highest BCUT2D eigenvalue weighted by molar-refractivity contribution is 7.80. The third kappa shape index (κ3) is 37.1. The van der Waals surface area contributed by atoms with E-state index < -0.39 is 10.4 Å². The molecule has 0 bridgehead atoms. The number of quaternary nitrogens is 1. The Labute approximate surface area is 201 Å². The molecular weight excluding hydrogens is 426 g/mol. The van der Waals surface area contributed by atoms with Crippen molar-refractivity contribution in [2.24, 2.45) is 0 Å². The molecule has 7 heteroatoms. The van der Waals surface area contributed by atoms with Crippen LogP contribution in [0.25, 0.3) is 0 Å². The van der Waals surface area contributed by atoms with Crippen molar-refractivity contribution in [3.63, 3.8) is 0 Å². The van der Waals surface area contributed by atoms with Crippen LogP contribution in [0.5, 0.6) is 0 Å². The predicted molar refractivity (Wildman–Crippen MR) is 135 cm³/mol. The first-order chi connectivity index (χ1) is 15.1. The van der Waals surface area contributed by atoms with Crippen LogP contribution in [0.15, 0.2) is 0 Å². The molecule has 0 aromatic carbocycles. The van der Waals surface area contributed by atoms with Gasteiger partial charge in [0, 0.05) is 13.0 Å². The molecular formula is C25H55NO5S. The number of unbranched alkanes of at least 4 members (excludes halogenated alkanes) is 15. The van der Waals surface area contributed by atoms with Gasteiger partial charge in [0.15, 0.2) is 0 Å². The van der Waals surface area contributed by atoms with E-state index in [1.807, 2.05) is 0 Å². The van der Waals surface area contributed by atoms with Crippen LogP contribution in [-0.2, 0) is 19.3 Å². The molecule has 0 N–H and O–H groups in total. The lowest BCUT2D eigenvalue weighted by Gasteiger charge is -2.23. The van der Waals surface area contributed by atoms with Crippen molar-refractivity contribution in [2.45, 2.75) is 116 Å². The SMILES string of the molecule is CCCCCCCCCCCCCCCCCCOCCC[N+](C)(C)C.COS(=O)(=O)[O-]. The molecule has 0 rings (SSSR count). The molecule has 0 aliphatic carbocycles. The van der Waals surface area contributed by atoms with Crippen molar-refractivity contribution in [1.29, 1.82) is 0 Å². The fourth-order valence-electron chi connectivity index (χ4n) is 3.50. The van der Waals surface area contributed by atoms with Crippen molar-refractivity contribution < 1.29 is 26.4 Å². The van der Waals surface area contributed by atoms with Gasteiger partial charge < -0.3 is 13.8 Å². The Hall–Kier alpha value is -0.210. The van der Waals surface area contributed by atoms with Crippen molar-refractivity contribution in [2.75, 3.05) is 48.0 Å². The fourth-order valence-corrected chi connectivity index (χ4v) is 3.50. The minimum atomic E-state index is -4.41. The van der Waals surface area contributed by atoms with E-state index in [9.17, 15) is 13.0 Å². The molecule has 0 saturated heterocycles. The Morgan fingerprint density at radius 2 is 0.938 bits per heavy atom. The molecule has 0 aromatic heterocycles. The number of ether oxygens (including phenoxy) is 1. The molecule has 0 atom stereocenters. The molecule has 0 unspecified atom stereocenters. The van der Waals surface area contributed by atoms with E-state index in [1.165, 1.54) is 116 Å². The highest BCUT2D eigenvalue weighted by atomic mass is 32.3. The van der Waals surface area contributed by atoms with Crippen LogP contribution in [0, 0.1) is 0 Å². The topological polar surface area (TPSA) is 75.7 Å². The van der Waals surface area contributed by atoms with Gasteiger partial charge in [-0.2, -0.15) is 0 Å². The van der Waals surface area contributed by atoms with Crippen LogP contribution in [0.3, 0.4) is 0 Å². The normalized spacial score (nSPS) is 11.9. The summed E-state index contributed by atoms with van der Waals surface area (Å²) in [5, 5.41) is 0. The van der Waals surface area contributed by atoms with E-state index in [-0.39, 0.29) is 0 Å². The average molecular weight is 482 g/mol. The molecule has 0 aliphatic heterocycles. The standard InChI is InChI=1S/C24H52NO.CH4O4S/c1-5-6-7-8-9-10-11-12-13-14-15-16-17-18-19-20-23-26-24-21-22-25(2,3)4;1-5-6(2,3)4/h5-24H2,1-4H3;1H3,(H,2,3,4)/q+1;/p-1. The van der Waals surface area contributed by atoms with E-state index in [1.54, 1.807) is 0 Å². The van der Waals surface area contributed by atoms with Gasteiger partial charge >= 0.3 is 0 Å². The summed E-state index contributed by atoms with van der Waals surface area (Å²) in [6.07, 6.45) is 24.1. The highest BCUT2D eigenvalue weighted by Gasteiger charge is 2.05. The Bertz CT molecular complexity index is 463. The minimum absolute atomic E-state index is 0.808. The quantitative estimate of drug-likeness (QED) is 0.0768. The van der Waals surface area contributed by atoms with Crippen LogP contribution < -0.4 is 0 Å². The van der Waals surface area contributed by atoms with Gasteiger partial charge in [0.05, 0.1) is 41.4 Å². The van der Waals surface area contributed by atoms with Crippen molar-refractivity contribution >= 4 is 10.4 Å². The maximum Gasteiger partial charge on any atom is 0.217 e. The first kappa shape index (κ1) is 34.0. The van der Waals surface area contributed by atoms with Gasteiger partial charge in [0.1, 0.15) is 0 Å². The van der Waals surface area contributed by atoms with Gasteiger partial charge in [-0.15, -0.1) is 0 Å². The van der Waals surface area contributed by atoms with E-state index in [2.05, 4.69) is 32.2 Å². The highest BCUT2D eigenvalue weighted by Crippen LogP contribution is 2.13. The average Bonchev–Trinajstić information content (AvgIpc) is 2.71. The zero-order valence-corrected chi connectivity index (χ0v) is 22.9. The monoisotopic (exact) mass is 481 g/mol. The predicted octanol–water partition coefficient (Wildman–Crippen LogP) is 6.45. The fraction of sp³-hybridized carbons (Fsp3) is 1.00. The summed E-state index contributed by atoms with van der Waals surface area (Å²) < 4.78 is 37.8. The van der Waals surface area contributed by atoms with E-state index in [0.717, 1.165) is 24.8 Å². The maximum absolute atomic E-state index is 9.22. The van der Waals surface area contributed by atoms with Crippen molar-refractivity contribution in [3.8, 4) is 0 Å². The lowest BCUT2D eigenvalue weighted by atomic mass is 10.0. The summed E-state index contributed by atoms with van der Waals surface area (Å²) in [7, 11) is 3.13. The molecule has 0 radical (unpaired) electrons. The van der Waals surface area contributed by atoms with Crippen LogP contribution in [-0.4, -0.2) is 65.5 Å². The smallest absolute Gasteiger partial charge is 0.217 e. The van der Waals surface area contributed by atoms with E-state index in [0.29, 0.717) is 0 Å². The molecule has 0 heterocycles. The van der Waals surface area contributed by atoms with Crippen LogP contribution >= 0.6 is 0 Å². The second-order valence-corrected chi connectivity index (χ2v) is 11.0. The molecule has 0 spiro atoms. The first-order valence-electron chi connectivity index (χ1n) is 13.0. The Morgan fingerprint density at radius 3 is 1.25 bits per heavy atom. The second-order valence-electron chi connectivity index (χ2n) is 9.86. The van der Waals surface area contributed by atoms with Gasteiger partial charge in [-0.05, 0) is 6.42 Å². The molecule has 32 heavy (non-hydrogen) atoms. The Morgan fingerprint density at radius 1 is 0.625 bits per heavy atom.